The van der Waals surface area contributed by atoms with Gasteiger partial charge in [-0.2, -0.15) is 0 Å². The molecule has 0 aromatic heterocycles. The van der Waals surface area contributed by atoms with Crippen LogP contribution in [0.1, 0.15) is 27.2 Å². The second-order valence-corrected chi connectivity index (χ2v) is 4.08. The molecular formula is C11H24N2O. The molecule has 0 aliphatic carbocycles. The molecule has 0 aromatic carbocycles. The summed E-state index contributed by atoms with van der Waals surface area (Å²) in [5.74, 6) is 0.675. The van der Waals surface area contributed by atoms with Crippen molar-refractivity contribution in [3.63, 3.8) is 0 Å². The molecule has 0 radical (unpaired) electrons. The molecule has 84 valence electrons. The van der Waals surface area contributed by atoms with Crippen LogP contribution in [0.4, 0.5) is 0 Å². The molecule has 0 fully saturated rings. The quantitative estimate of drug-likeness (QED) is 0.648. The molecule has 3 heteroatoms. The van der Waals surface area contributed by atoms with Gasteiger partial charge in [-0.1, -0.05) is 20.8 Å². The van der Waals surface area contributed by atoms with Crippen LogP contribution in [-0.4, -0.2) is 49.4 Å². The van der Waals surface area contributed by atoms with Crippen LogP contribution < -0.4 is 0 Å². The molecule has 0 N–H and O–H groups in total. The Hall–Kier alpha value is -0.570. The Morgan fingerprint density at radius 3 is 2.07 bits per heavy atom. The summed E-state index contributed by atoms with van der Waals surface area (Å²) in [4.78, 5) is 15.4. The topological polar surface area (TPSA) is 23.6 Å². The number of carbonyl (C=O) groups excluding carboxylic acids is 1. The summed E-state index contributed by atoms with van der Waals surface area (Å²) in [6, 6.07) is 0. The lowest BCUT2D eigenvalue weighted by atomic mass is 10.1. The lowest BCUT2D eigenvalue weighted by molar-refractivity contribution is -0.129. The fourth-order valence-electron chi connectivity index (χ4n) is 1.47. The Balaban J connectivity index is 3.84. The zero-order valence-corrected chi connectivity index (χ0v) is 10.2. The van der Waals surface area contributed by atoms with Gasteiger partial charge in [0.25, 0.3) is 0 Å². The number of rotatable bonds is 6. The van der Waals surface area contributed by atoms with Crippen molar-refractivity contribution in [1.29, 1.82) is 0 Å². The molecule has 14 heavy (non-hydrogen) atoms. The maximum atomic E-state index is 11.4. The maximum Gasteiger partial charge on any atom is 0.222 e. The van der Waals surface area contributed by atoms with Crippen molar-refractivity contribution >= 4 is 5.91 Å². The molecule has 0 aliphatic heterocycles. The first kappa shape index (κ1) is 13.4. The molecule has 0 aliphatic rings. The third-order valence-electron chi connectivity index (χ3n) is 2.49. The monoisotopic (exact) mass is 200 g/mol. The number of carbonyl (C=O) groups is 1. The van der Waals surface area contributed by atoms with Crippen LogP contribution >= 0.6 is 0 Å². The van der Waals surface area contributed by atoms with Gasteiger partial charge in [0, 0.05) is 27.1 Å². The van der Waals surface area contributed by atoms with Crippen molar-refractivity contribution in [3.8, 4) is 0 Å². The van der Waals surface area contributed by atoms with Gasteiger partial charge in [-0.15, -0.1) is 0 Å². The van der Waals surface area contributed by atoms with Gasteiger partial charge in [0.2, 0.25) is 5.91 Å². The van der Waals surface area contributed by atoms with E-state index in [9.17, 15) is 4.79 Å². The number of nitrogens with zero attached hydrogens (tertiary/aromatic N) is 2. The van der Waals surface area contributed by atoms with Crippen molar-refractivity contribution in [2.75, 3.05) is 33.7 Å². The molecule has 0 rings (SSSR count). The van der Waals surface area contributed by atoms with Crippen molar-refractivity contribution in [3.05, 3.63) is 0 Å². The van der Waals surface area contributed by atoms with E-state index in [1.165, 1.54) is 0 Å². The summed E-state index contributed by atoms with van der Waals surface area (Å²) >= 11 is 0. The van der Waals surface area contributed by atoms with E-state index < -0.39 is 0 Å². The van der Waals surface area contributed by atoms with Crippen LogP contribution in [0.15, 0.2) is 0 Å². The first-order valence-corrected chi connectivity index (χ1v) is 5.43. The summed E-state index contributed by atoms with van der Waals surface area (Å²) in [7, 11) is 3.62. The first-order chi connectivity index (χ1) is 6.51. The molecule has 0 saturated heterocycles. The Morgan fingerprint density at radius 2 is 1.71 bits per heavy atom. The predicted octanol–water partition coefficient (Wildman–Crippen LogP) is 1.44. The molecule has 0 aromatic rings. The van der Waals surface area contributed by atoms with Gasteiger partial charge >= 0.3 is 0 Å². The third kappa shape index (κ3) is 5.22. The zero-order valence-electron chi connectivity index (χ0n) is 10.2. The third-order valence-corrected chi connectivity index (χ3v) is 2.49. The molecule has 1 atom stereocenters. The highest BCUT2D eigenvalue weighted by Crippen LogP contribution is 2.06. The molecule has 0 bridgehead atoms. The highest BCUT2D eigenvalue weighted by atomic mass is 16.2. The van der Waals surface area contributed by atoms with E-state index >= 15 is 0 Å². The van der Waals surface area contributed by atoms with Gasteiger partial charge in [0.1, 0.15) is 0 Å². The molecular weight excluding hydrogens is 176 g/mol. The van der Waals surface area contributed by atoms with E-state index in [1.54, 1.807) is 4.90 Å². The minimum absolute atomic E-state index is 0.227. The SMILES string of the molecule is CCN(CC)CC(C)CC(=O)N(C)C. The van der Waals surface area contributed by atoms with E-state index in [1.807, 2.05) is 14.1 Å². The van der Waals surface area contributed by atoms with E-state index in [4.69, 9.17) is 0 Å². The summed E-state index contributed by atoms with van der Waals surface area (Å²) in [5.41, 5.74) is 0. The molecule has 1 amide bonds. The van der Waals surface area contributed by atoms with E-state index in [2.05, 4.69) is 25.7 Å². The maximum absolute atomic E-state index is 11.4. The molecule has 1 unspecified atom stereocenters. The predicted molar refractivity (Wildman–Crippen MR) is 60.3 cm³/mol. The van der Waals surface area contributed by atoms with Crippen LogP contribution in [0.3, 0.4) is 0 Å². The minimum Gasteiger partial charge on any atom is -0.349 e. The standard InChI is InChI=1S/C11H24N2O/c1-6-13(7-2)9-10(3)8-11(14)12(4)5/h10H,6-9H2,1-5H3. The van der Waals surface area contributed by atoms with Crippen molar-refractivity contribution in [1.82, 2.24) is 9.80 Å². The van der Waals surface area contributed by atoms with Crippen LogP contribution in [-0.2, 0) is 4.79 Å². The first-order valence-electron chi connectivity index (χ1n) is 5.43. The van der Waals surface area contributed by atoms with E-state index in [0.29, 0.717) is 12.3 Å². The fraction of sp³-hybridized carbons (Fsp3) is 0.909. The summed E-state index contributed by atoms with van der Waals surface area (Å²) in [6.07, 6.45) is 0.656. The van der Waals surface area contributed by atoms with Gasteiger partial charge in [-0.05, 0) is 19.0 Å². The number of hydrogen-bond acceptors (Lipinski definition) is 2. The average Bonchev–Trinajstić information content (AvgIpc) is 2.13. The largest absolute Gasteiger partial charge is 0.349 e. The Labute approximate surface area is 88.1 Å². The lowest BCUT2D eigenvalue weighted by Gasteiger charge is -2.23. The Bertz CT molecular complexity index is 165. The van der Waals surface area contributed by atoms with Crippen LogP contribution in [0, 0.1) is 5.92 Å². The lowest BCUT2D eigenvalue weighted by Crippen LogP contribution is -2.31. The van der Waals surface area contributed by atoms with Gasteiger partial charge in [0.15, 0.2) is 0 Å². The summed E-state index contributed by atoms with van der Waals surface area (Å²) in [6.45, 7) is 9.61. The van der Waals surface area contributed by atoms with Crippen molar-refractivity contribution in [2.24, 2.45) is 5.92 Å². The van der Waals surface area contributed by atoms with Gasteiger partial charge < -0.3 is 9.80 Å². The fourth-order valence-corrected chi connectivity index (χ4v) is 1.47. The molecule has 3 nitrogen and oxygen atoms in total. The van der Waals surface area contributed by atoms with Gasteiger partial charge in [0.05, 0.1) is 0 Å². The Morgan fingerprint density at radius 1 is 1.21 bits per heavy atom. The van der Waals surface area contributed by atoms with E-state index in [-0.39, 0.29) is 5.91 Å². The minimum atomic E-state index is 0.227. The van der Waals surface area contributed by atoms with Crippen LogP contribution in [0.2, 0.25) is 0 Å². The zero-order chi connectivity index (χ0) is 11.1. The second kappa shape index (κ2) is 6.82. The normalized spacial score (nSPS) is 13.0. The summed E-state index contributed by atoms with van der Waals surface area (Å²) < 4.78 is 0. The molecule has 0 spiro atoms. The highest BCUT2D eigenvalue weighted by Gasteiger charge is 2.12. The van der Waals surface area contributed by atoms with Crippen LogP contribution in [0.5, 0.6) is 0 Å². The number of amides is 1. The van der Waals surface area contributed by atoms with Gasteiger partial charge in [-0.3, -0.25) is 4.79 Å². The Kier molecular flexibility index (Phi) is 6.54. The number of hydrogen-bond donors (Lipinski definition) is 0. The van der Waals surface area contributed by atoms with Gasteiger partial charge in [-0.25, -0.2) is 0 Å². The van der Waals surface area contributed by atoms with Crippen molar-refractivity contribution in [2.45, 2.75) is 27.2 Å². The molecule has 0 heterocycles. The molecule has 0 saturated carbocycles. The smallest absolute Gasteiger partial charge is 0.222 e. The van der Waals surface area contributed by atoms with E-state index in [0.717, 1.165) is 19.6 Å². The summed E-state index contributed by atoms with van der Waals surface area (Å²) in [5, 5.41) is 0. The highest BCUT2D eigenvalue weighted by molar-refractivity contribution is 5.75. The second-order valence-electron chi connectivity index (χ2n) is 4.08. The van der Waals surface area contributed by atoms with Crippen molar-refractivity contribution < 1.29 is 4.79 Å². The van der Waals surface area contributed by atoms with Crippen LogP contribution in [0.25, 0.3) is 0 Å². The average molecular weight is 200 g/mol.